The number of nitrogens with one attached hydrogen (secondary N) is 2. The van der Waals surface area contributed by atoms with E-state index >= 15 is 0 Å². The third-order valence-electron chi connectivity index (χ3n) is 2.84. The molecule has 0 radical (unpaired) electrons. The van der Waals surface area contributed by atoms with Crippen molar-refractivity contribution in [2.24, 2.45) is 0 Å². The average Bonchev–Trinajstić information content (AvgIpc) is 3.07. The molecule has 3 aromatic rings. The van der Waals surface area contributed by atoms with Crippen molar-refractivity contribution in [1.29, 1.82) is 0 Å². The molecule has 8 heteroatoms. The molecule has 102 valence electrons. The van der Waals surface area contributed by atoms with Crippen LogP contribution < -0.4 is 11.1 Å². The van der Waals surface area contributed by atoms with E-state index in [0.717, 1.165) is 5.52 Å². The van der Waals surface area contributed by atoms with Gasteiger partial charge in [-0.2, -0.15) is 10.1 Å². The Kier molecular flexibility index (Phi) is 3.04. The Bertz CT molecular complexity index is 734. The lowest BCUT2D eigenvalue weighted by Crippen LogP contribution is -2.26. The van der Waals surface area contributed by atoms with Gasteiger partial charge in [0.05, 0.1) is 5.52 Å². The molecule has 2 aromatic heterocycles. The second-order valence-corrected chi connectivity index (χ2v) is 4.23. The predicted molar refractivity (Wildman–Crippen MR) is 70.8 cm³/mol. The minimum absolute atomic E-state index is 0.273. The summed E-state index contributed by atoms with van der Waals surface area (Å²) < 4.78 is 4.61. The largest absolute Gasteiger partial charge is 0.399 e. The number of amides is 1. The smallest absolute Gasteiger partial charge is 0.272 e. The maximum atomic E-state index is 12.1. The Morgan fingerprint density at radius 1 is 1.45 bits per heavy atom. The first-order valence-electron chi connectivity index (χ1n) is 6.01. The summed E-state index contributed by atoms with van der Waals surface area (Å²) in [5.74, 6) is 0.270. The lowest BCUT2D eigenvalue weighted by atomic mass is 10.2. The van der Waals surface area contributed by atoms with E-state index in [0.29, 0.717) is 35.6 Å². The Balaban J connectivity index is 1.70. The van der Waals surface area contributed by atoms with Gasteiger partial charge in [-0.05, 0) is 18.2 Å². The molecular weight excluding hydrogens is 260 g/mol. The van der Waals surface area contributed by atoms with Gasteiger partial charge >= 0.3 is 0 Å². The van der Waals surface area contributed by atoms with E-state index in [-0.39, 0.29) is 5.91 Å². The number of fused-ring (bicyclic) bond motifs is 1. The molecule has 3 rings (SSSR count). The summed E-state index contributed by atoms with van der Waals surface area (Å²) in [6.07, 6.45) is 1.74. The van der Waals surface area contributed by atoms with Crippen molar-refractivity contribution in [2.45, 2.75) is 6.42 Å². The average molecular weight is 272 g/mol. The van der Waals surface area contributed by atoms with Crippen molar-refractivity contribution in [1.82, 2.24) is 25.7 Å². The number of aromatic amines is 1. The van der Waals surface area contributed by atoms with Gasteiger partial charge in [-0.1, -0.05) is 5.16 Å². The Labute approximate surface area is 113 Å². The second kappa shape index (κ2) is 5.00. The fraction of sp³-hybridized carbons (Fsp3) is 0.167. The molecule has 0 aliphatic carbocycles. The van der Waals surface area contributed by atoms with Crippen LogP contribution in [0, 0.1) is 0 Å². The van der Waals surface area contributed by atoms with Crippen LogP contribution in [0.25, 0.3) is 10.9 Å². The maximum absolute atomic E-state index is 12.1. The molecular formula is C12H12N6O2. The predicted octanol–water partition coefficient (Wildman–Crippen LogP) is 0.501. The van der Waals surface area contributed by atoms with Crippen LogP contribution in [0.1, 0.15) is 16.3 Å². The molecule has 1 aromatic carbocycles. The van der Waals surface area contributed by atoms with Gasteiger partial charge in [0.2, 0.25) is 6.39 Å². The molecule has 0 saturated carbocycles. The second-order valence-electron chi connectivity index (χ2n) is 4.23. The van der Waals surface area contributed by atoms with E-state index < -0.39 is 0 Å². The Hall–Kier alpha value is -2.90. The molecule has 0 saturated heterocycles. The summed E-state index contributed by atoms with van der Waals surface area (Å²) >= 11 is 0. The first-order chi connectivity index (χ1) is 9.74. The zero-order valence-corrected chi connectivity index (χ0v) is 10.5. The number of nitrogens with two attached hydrogens (primary N) is 1. The van der Waals surface area contributed by atoms with E-state index in [4.69, 9.17) is 5.73 Å². The number of hydrogen-bond donors (Lipinski definition) is 3. The van der Waals surface area contributed by atoms with Crippen LogP contribution in [0.15, 0.2) is 29.1 Å². The molecule has 1 amide bonds. The van der Waals surface area contributed by atoms with Crippen LogP contribution in [0.5, 0.6) is 0 Å². The summed E-state index contributed by atoms with van der Waals surface area (Å²) in [5, 5.41) is 13.9. The lowest BCUT2D eigenvalue weighted by Gasteiger charge is -2.01. The standard InChI is InChI=1S/C12H12N6O2/c13-7-1-2-9-8(5-7)11(17-16-9)12(19)14-4-3-10-15-6-20-18-10/h1-2,5-6H,3-4,13H2,(H,14,19)(H,16,17). The highest BCUT2D eigenvalue weighted by Crippen LogP contribution is 2.18. The molecule has 0 fully saturated rings. The van der Waals surface area contributed by atoms with Crippen LogP contribution >= 0.6 is 0 Å². The van der Waals surface area contributed by atoms with Gasteiger partial charge in [0, 0.05) is 24.0 Å². The third kappa shape index (κ3) is 2.30. The summed E-state index contributed by atoms with van der Waals surface area (Å²) in [5.41, 5.74) is 7.39. The highest BCUT2D eigenvalue weighted by atomic mass is 16.5. The number of benzene rings is 1. The van der Waals surface area contributed by atoms with E-state index in [1.165, 1.54) is 6.39 Å². The van der Waals surface area contributed by atoms with Crippen molar-refractivity contribution < 1.29 is 9.32 Å². The van der Waals surface area contributed by atoms with Crippen LogP contribution in [-0.2, 0) is 6.42 Å². The summed E-state index contributed by atoms with van der Waals surface area (Å²) in [4.78, 5) is 15.9. The van der Waals surface area contributed by atoms with Crippen molar-refractivity contribution in [2.75, 3.05) is 12.3 Å². The molecule has 0 bridgehead atoms. The van der Waals surface area contributed by atoms with Gasteiger partial charge in [-0.25, -0.2) is 0 Å². The highest BCUT2D eigenvalue weighted by molar-refractivity contribution is 6.05. The van der Waals surface area contributed by atoms with E-state index in [2.05, 4.69) is 30.2 Å². The number of nitrogens with zero attached hydrogens (tertiary/aromatic N) is 3. The molecule has 4 N–H and O–H groups in total. The summed E-state index contributed by atoms with van der Waals surface area (Å²) in [6, 6.07) is 5.25. The van der Waals surface area contributed by atoms with Gasteiger partial charge in [0.25, 0.3) is 5.91 Å². The van der Waals surface area contributed by atoms with Crippen LogP contribution in [0.2, 0.25) is 0 Å². The molecule has 0 unspecified atom stereocenters. The number of carbonyl (C=O) groups excluding carboxylic acids is 1. The molecule has 0 aliphatic rings. The topological polar surface area (TPSA) is 123 Å². The molecule has 0 spiro atoms. The monoisotopic (exact) mass is 272 g/mol. The van der Waals surface area contributed by atoms with Crippen molar-refractivity contribution in [3.8, 4) is 0 Å². The molecule has 0 atom stereocenters. The van der Waals surface area contributed by atoms with E-state index in [9.17, 15) is 4.79 Å². The number of carbonyl (C=O) groups is 1. The fourth-order valence-electron chi connectivity index (χ4n) is 1.88. The SMILES string of the molecule is Nc1ccc2[nH]nc(C(=O)NCCc3ncon3)c2c1. The number of rotatable bonds is 4. The zero-order valence-electron chi connectivity index (χ0n) is 10.5. The third-order valence-corrected chi connectivity index (χ3v) is 2.84. The van der Waals surface area contributed by atoms with Gasteiger partial charge < -0.3 is 15.6 Å². The fourth-order valence-corrected chi connectivity index (χ4v) is 1.88. The minimum Gasteiger partial charge on any atom is -0.399 e. The molecule has 20 heavy (non-hydrogen) atoms. The van der Waals surface area contributed by atoms with Gasteiger partial charge in [0.15, 0.2) is 11.5 Å². The maximum Gasteiger partial charge on any atom is 0.272 e. The Morgan fingerprint density at radius 3 is 3.15 bits per heavy atom. The normalized spacial score (nSPS) is 10.8. The number of H-pyrrole nitrogens is 1. The van der Waals surface area contributed by atoms with Crippen LogP contribution in [-0.4, -0.2) is 32.8 Å². The van der Waals surface area contributed by atoms with Gasteiger partial charge in [0.1, 0.15) is 0 Å². The molecule has 2 heterocycles. The van der Waals surface area contributed by atoms with E-state index in [1.54, 1.807) is 18.2 Å². The van der Waals surface area contributed by atoms with E-state index in [1.807, 2.05) is 0 Å². The van der Waals surface area contributed by atoms with Gasteiger partial charge in [-0.3, -0.25) is 9.89 Å². The van der Waals surface area contributed by atoms with Crippen molar-refractivity contribution in [3.05, 3.63) is 36.1 Å². The van der Waals surface area contributed by atoms with Crippen LogP contribution in [0.3, 0.4) is 0 Å². The zero-order chi connectivity index (χ0) is 13.9. The first-order valence-corrected chi connectivity index (χ1v) is 6.01. The Morgan fingerprint density at radius 2 is 2.35 bits per heavy atom. The lowest BCUT2D eigenvalue weighted by molar-refractivity contribution is 0.0950. The molecule has 0 aliphatic heterocycles. The number of hydrogen-bond acceptors (Lipinski definition) is 6. The first kappa shape index (κ1) is 12.2. The van der Waals surface area contributed by atoms with Crippen molar-refractivity contribution in [3.63, 3.8) is 0 Å². The number of anilines is 1. The summed E-state index contributed by atoms with van der Waals surface area (Å²) in [7, 11) is 0. The summed E-state index contributed by atoms with van der Waals surface area (Å²) in [6.45, 7) is 0.398. The van der Waals surface area contributed by atoms with Crippen LogP contribution in [0.4, 0.5) is 5.69 Å². The van der Waals surface area contributed by atoms with Gasteiger partial charge in [-0.15, -0.1) is 0 Å². The minimum atomic E-state index is -0.273. The van der Waals surface area contributed by atoms with Crippen molar-refractivity contribution >= 4 is 22.5 Å². The number of aromatic nitrogens is 4. The molecule has 8 nitrogen and oxygen atoms in total. The number of nitrogen functional groups attached to an aromatic ring is 1. The quantitative estimate of drug-likeness (QED) is 0.594. The highest BCUT2D eigenvalue weighted by Gasteiger charge is 2.14.